The summed E-state index contributed by atoms with van der Waals surface area (Å²) in [4.78, 5) is 24.8. The lowest BCUT2D eigenvalue weighted by atomic mass is 9.50. The number of carbonyl (C=O) groups excluding carboxylic acids is 1. The molecule has 5 aliphatic rings. The van der Waals surface area contributed by atoms with Crippen molar-refractivity contribution in [3.63, 3.8) is 0 Å². The zero-order chi connectivity index (χ0) is 27.9. The van der Waals surface area contributed by atoms with Gasteiger partial charge in [0.2, 0.25) is 0 Å². The van der Waals surface area contributed by atoms with Gasteiger partial charge in [-0.25, -0.2) is 0 Å². The van der Waals surface area contributed by atoms with Crippen molar-refractivity contribution in [1.82, 2.24) is 15.1 Å². The third kappa shape index (κ3) is 3.81. The van der Waals surface area contributed by atoms with Crippen LogP contribution < -0.4 is 5.32 Å². The topological polar surface area (TPSA) is 84.2 Å². The number of hydrogen-bond donors (Lipinski definition) is 2. The van der Waals surface area contributed by atoms with Crippen molar-refractivity contribution in [2.75, 3.05) is 0 Å². The summed E-state index contributed by atoms with van der Waals surface area (Å²) in [5, 5.41) is 18.1. The van der Waals surface area contributed by atoms with Crippen LogP contribution >= 0.6 is 0 Å². The van der Waals surface area contributed by atoms with Crippen molar-refractivity contribution in [3.8, 4) is 11.8 Å². The Kier molecular flexibility index (Phi) is 5.52. The van der Waals surface area contributed by atoms with Crippen LogP contribution in [-0.4, -0.2) is 32.8 Å². The molecule has 1 amide bonds. The zero-order valence-electron chi connectivity index (χ0n) is 23.6. The number of hydrogen-bond acceptors (Lipinski definition) is 3. The standard InChI is InChI=1S/C34H37N3O3/c1-4-5-23-8-11-27(30(38)36-26-16-33(17-26)14-24(15-33)31(39)40)29-28(23)18-35-37(29)21(2)22-6-9-25(10-7-22)34-13-12-32(3,19-34)20-34/h6-11,18,21,24,26H,12-17,19-20H2,1-3H3,(H,36,38)(H,39,40). The fourth-order valence-electron chi connectivity index (χ4n) is 8.81. The fraction of sp³-hybridized carbons (Fsp3) is 0.500. The van der Waals surface area contributed by atoms with Gasteiger partial charge < -0.3 is 10.4 Å². The van der Waals surface area contributed by atoms with E-state index in [1.807, 2.05) is 29.9 Å². The minimum atomic E-state index is -0.697. The largest absolute Gasteiger partial charge is 0.481 e. The fourth-order valence-corrected chi connectivity index (χ4v) is 8.81. The number of nitrogens with zero attached hydrogens (tertiary/aromatic N) is 2. The van der Waals surface area contributed by atoms with E-state index in [1.54, 1.807) is 0 Å². The Labute approximate surface area is 235 Å². The number of rotatable bonds is 6. The number of aromatic nitrogens is 2. The molecule has 2 aromatic carbocycles. The highest BCUT2D eigenvalue weighted by Crippen LogP contribution is 2.67. The van der Waals surface area contributed by atoms with E-state index in [0.717, 1.165) is 42.1 Å². The van der Waals surface area contributed by atoms with Crippen molar-refractivity contribution in [2.24, 2.45) is 16.7 Å². The second-order valence-electron chi connectivity index (χ2n) is 13.7. The highest BCUT2D eigenvalue weighted by molar-refractivity contribution is 6.07. The molecule has 0 saturated heterocycles. The summed E-state index contributed by atoms with van der Waals surface area (Å²) in [5.74, 6) is 5.15. The molecule has 5 saturated carbocycles. The molecule has 5 fully saturated rings. The Bertz CT molecular complexity index is 1580. The van der Waals surface area contributed by atoms with Gasteiger partial charge in [0.15, 0.2) is 0 Å². The molecule has 3 aromatic rings. The third-order valence-electron chi connectivity index (χ3n) is 10.8. The SMILES string of the molecule is CC#Cc1ccc(C(=O)NC2CC3(C2)CC(C(=O)O)C3)c2c1cnn2C(C)c1ccc(C23CCC(C)(C2)C3)cc1. The maximum Gasteiger partial charge on any atom is 0.306 e. The van der Waals surface area contributed by atoms with Gasteiger partial charge in [-0.2, -0.15) is 5.10 Å². The van der Waals surface area contributed by atoms with Crippen LogP contribution in [0.25, 0.3) is 10.9 Å². The van der Waals surface area contributed by atoms with Crippen LogP contribution in [0, 0.1) is 28.6 Å². The maximum absolute atomic E-state index is 13.6. The van der Waals surface area contributed by atoms with Crippen molar-refractivity contribution in [1.29, 1.82) is 0 Å². The van der Waals surface area contributed by atoms with Crippen LogP contribution in [0.1, 0.15) is 105 Å². The van der Waals surface area contributed by atoms with E-state index in [9.17, 15) is 14.7 Å². The molecular weight excluding hydrogens is 498 g/mol. The van der Waals surface area contributed by atoms with Crippen molar-refractivity contribution in [2.45, 2.75) is 89.6 Å². The molecule has 0 radical (unpaired) electrons. The van der Waals surface area contributed by atoms with Crippen molar-refractivity contribution >= 4 is 22.8 Å². The monoisotopic (exact) mass is 535 g/mol. The Hall–Kier alpha value is -3.59. The van der Waals surface area contributed by atoms with Gasteiger partial charge >= 0.3 is 5.97 Å². The molecule has 1 atom stereocenters. The Morgan fingerprint density at radius 3 is 2.42 bits per heavy atom. The minimum Gasteiger partial charge on any atom is -0.481 e. The molecule has 0 aliphatic heterocycles. The van der Waals surface area contributed by atoms with E-state index in [2.05, 4.69) is 55.3 Å². The van der Waals surface area contributed by atoms with Crippen LogP contribution in [0.3, 0.4) is 0 Å². The number of aliphatic carboxylic acids is 1. The molecular formula is C34H37N3O3. The predicted octanol–water partition coefficient (Wildman–Crippen LogP) is 6.22. The summed E-state index contributed by atoms with van der Waals surface area (Å²) >= 11 is 0. The number of nitrogens with one attached hydrogen (secondary N) is 1. The van der Waals surface area contributed by atoms with Crippen LogP contribution in [0.2, 0.25) is 0 Å². The van der Waals surface area contributed by atoms with Gasteiger partial charge in [-0.05, 0) is 105 Å². The van der Waals surface area contributed by atoms with Crippen LogP contribution in [0.15, 0.2) is 42.6 Å². The van der Waals surface area contributed by atoms with Crippen LogP contribution in [0.4, 0.5) is 0 Å². The molecule has 8 rings (SSSR count). The minimum absolute atomic E-state index is 0.0504. The van der Waals surface area contributed by atoms with Crippen molar-refractivity contribution in [3.05, 3.63) is 64.8 Å². The second kappa shape index (κ2) is 8.70. The molecule has 2 N–H and O–H groups in total. The summed E-state index contributed by atoms with van der Waals surface area (Å²) in [5.41, 5.74) is 5.95. The lowest BCUT2D eigenvalue weighted by molar-refractivity contribution is -0.155. The molecule has 1 heterocycles. The predicted molar refractivity (Wildman–Crippen MR) is 154 cm³/mol. The lowest BCUT2D eigenvalue weighted by Crippen LogP contribution is -2.57. The maximum atomic E-state index is 13.6. The van der Waals surface area contributed by atoms with Crippen LogP contribution in [-0.2, 0) is 10.2 Å². The van der Waals surface area contributed by atoms with Gasteiger partial charge in [0.1, 0.15) is 0 Å². The third-order valence-corrected chi connectivity index (χ3v) is 10.8. The summed E-state index contributed by atoms with van der Waals surface area (Å²) in [6.45, 7) is 6.38. The van der Waals surface area contributed by atoms with Gasteiger partial charge in [-0.1, -0.05) is 37.1 Å². The quantitative estimate of drug-likeness (QED) is 0.367. The van der Waals surface area contributed by atoms with Crippen LogP contribution in [0.5, 0.6) is 0 Å². The van der Waals surface area contributed by atoms with E-state index < -0.39 is 5.97 Å². The number of fused-ring (bicyclic) bond motifs is 2. The first kappa shape index (κ1) is 25.4. The Balaban J connectivity index is 1.14. The molecule has 206 valence electrons. The highest BCUT2D eigenvalue weighted by Gasteiger charge is 2.58. The summed E-state index contributed by atoms with van der Waals surface area (Å²) in [6.07, 6.45) is 10.2. The number of carboxylic acid groups (broad SMARTS) is 1. The number of carbonyl (C=O) groups is 2. The van der Waals surface area contributed by atoms with Gasteiger partial charge in [0.25, 0.3) is 5.91 Å². The smallest absolute Gasteiger partial charge is 0.306 e. The second-order valence-corrected chi connectivity index (χ2v) is 13.7. The summed E-state index contributed by atoms with van der Waals surface area (Å²) in [7, 11) is 0. The summed E-state index contributed by atoms with van der Waals surface area (Å²) < 4.78 is 1.97. The molecule has 6 heteroatoms. The lowest BCUT2D eigenvalue weighted by Gasteiger charge is -2.56. The first-order chi connectivity index (χ1) is 19.1. The number of carboxylic acids is 1. The van der Waals surface area contributed by atoms with Crippen molar-refractivity contribution < 1.29 is 14.7 Å². The normalized spacial score (nSPS) is 32.4. The average molecular weight is 536 g/mol. The number of benzene rings is 2. The van der Waals surface area contributed by atoms with E-state index in [4.69, 9.17) is 5.10 Å². The first-order valence-corrected chi connectivity index (χ1v) is 14.7. The Morgan fingerprint density at radius 2 is 1.80 bits per heavy atom. The molecule has 40 heavy (non-hydrogen) atoms. The number of amides is 1. The molecule has 2 bridgehead atoms. The molecule has 6 nitrogen and oxygen atoms in total. The van der Waals surface area contributed by atoms with E-state index in [1.165, 1.54) is 36.8 Å². The van der Waals surface area contributed by atoms with E-state index in [0.29, 0.717) is 16.4 Å². The molecule has 1 spiro atoms. The zero-order valence-corrected chi connectivity index (χ0v) is 23.6. The van der Waals surface area contributed by atoms with Gasteiger partial charge in [0, 0.05) is 17.0 Å². The highest BCUT2D eigenvalue weighted by atomic mass is 16.4. The summed E-state index contributed by atoms with van der Waals surface area (Å²) in [6, 6.07) is 12.9. The van der Waals surface area contributed by atoms with Gasteiger partial charge in [-0.15, -0.1) is 5.92 Å². The van der Waals surface area contributed by atoms with Gasteiger partial charge in [-0.3, -0.25) is 14.3 Å². The molecule has 1 aromatic heterocycles. The van der Waals surface area contributed by atoms with Gasteiger partial charge in [0.05, 0.1) is 29.2 Å². The average Bonchev–Trinajstić information content (AvgIpc) is 3.56. The first-order valence-electron chi connectivity index (χ1n) is 14.7. The van der Waals surface area contributed by atoms with E-state index in [-0.39, 0.29) is 29.3 Å². The van der Waals surface area contributed by atoms with E-state index >= 15 is 0 Å². The Morgan fingerprint density at radius 1 is 1.07 bits per heavy atom. The molecule has 1 unspecified atom stereocenters. The molecule has 5 aliphatic carbocycles.